The summed E-state index contributed by atoms with van der Waals surface area (Å²) >= 11 is 11.5. The van der Waals surface area contributed by atoms with E-state index in [1.807, 2.05) is 0 Å². The molecule has 2 rings (SSSR count). The third-order valence-electron chi connectivity index (χ3n) is 2.44. The van der Waals surface area contributed by atoms with E-state index < -0.39 is 11.8 Å². The minimum Gasteiger partial charge on any atom is -0.366 e. The molecule has 0 fully saturated rings. The van der Waals surface area contributed by atoms with Crippen molar-refractivity contribution in [3.63, 3.8) is 0 Å². The zero-order valence-electron chi connectivity index (χ0n) is 10.1. The van der Waals surface area contributed by atoms with Crippen LogP contribution in [0.15, 0.2) is 36.4 Å². The maximum absolute atomic E-state index is 12.0. The highest BCUT2D eigenvalue weighted by Crippen LogP contribution is 2.20. The number of hydrogen-bond donors (Lipinski definition) is 2. The van der Waals surface area contributed by atoms with E-state index >= 15 is 0 Å². The van der Waals surface area contributed by atoms with Gasteiger partial charge in [-0.3, -0.25) is 9.59 Å². The summed E-state index contributed by atoms with van der Waals surface area (Å²) in [5, 5.41) is 3.01. The summed E-state index contributed by atoms with van der Waals surface area (Å²) in [6, 6.07) is 9.12. The van der Waals surface area contributed by atoms with Gasteiger partial charge in [-0.2, -0.15) is 0 Å². The van der Waals surface area contributed by atoms with Crippen molar-refractivity contribution in [3.8, 4) is 0 Å². The Morgan fingerprint density at radius 3 is 2.55 bits per heavy atom. The van der Waals surface area contributed by atoms with Crippen LogP contribution in [0.3, 0.4) is 0 Å². The van der Waals surface area contributed by atoms with Gasteiger partial charge in [-0.15, -0.1) is 0 Å². The number of halogens is 2. The Morgan fingerprint density at radius 2 is 1.90 bits per heavy atom. The molecular weight excluding hydrogens is 301 g/mol. The molecule has 102 valence electrons. The number of hydrogen-bond acceptors (Lipinski definition) is 3. The molecule has 2 aromatic rings. The third-order valence-corrected chi connectivity index (χ3v) is 2.98. The van der Waals surface area contributed by atoms with E-state index in [2.05, 4.69) is 10.3 Å². The lowest BCUT2D eigenvalue weighted by atomic mass is 10.2. The van der Waals surface area contributed by atoms with Crippen LogP contribution in [0.4, 0.5) is 5.69 Å². The Hall–Kier alpha value is -2.11. The van der Waals surface area contributed by atoms with Gasteiger partial charge in [0.1, 0.15) is 10.8 Å². The Balaban J connectivity index is 2.24. The number of rotatable bonds is 3. The third kappa shape index (κ3) is 3.26. The first-order chi connectivity index (χ1) is 9.47. The molecule has 0 saturated carbocycles. The smallest absolute Gasteiger partial charge is 0.274 e. The number of carbonyl (C=O) groups excluding carboxylic acids is 2. The van der Waals surface area contributed by atoms with E-state index in [0.29, 0.717) is 5.69 Å². The molecule has 1 heterocycles. The Morgan fingerprint density at radius 1 is 1.15 bits per heavy atom. The summed E-state index contributed by atoms with van der Waals surface area (Å²) in [6.45, 7) is 0. The molecule has 0 spiro atoms. The van der Waals surface area contributed by atoms with Gasteiger partial charge in [-0.05, 0) is 30.3 Å². The van der Waals surface area contributed by atoms with Gasteiger partial charge >= 0.3 is 0 Å². The van der Waals surface area contributed by atoms with Crippen LogP contribution < -0.4 is 11.1 Å². The van der Waals surface area contributed by atoms with Crippen molar-refractivity contribution < 1.29 is 9.59 Å². The Kier molecular flexibility index (Phi) is 4.22. The fraction of sp³-hybridized carbons (Fsp3) is 0. The van der Waals surface area contributed by atoms with Crippen LogP contribution >= 0.6 is 23.2 Å². The van der Waals surface area contributed by atoms with Gasteiger partial charge in [-0.25, -0.2) is 4.98 Å². The molecule has 3 N–H and O–H groups in total. The lowest BCUT2D eigenvalue weighted by molar-refractivity contribution is 0.0995. The van der Waals surface area contributed by atoms with Crippen molar-refractivity contribution in [2.24, 2.45) is 5.73 Å². The maximum atomic E-state index is 12.0. The second-order valence-corrected chi connectivity index (χ2v) is 4.65. The molecule has 0 unspecified atom stereocenters. The Bertz CT molecular complexity index is 689. The van der Waals surface area contributed by atoms with Crippen molar-refractivity contribution in [3.05, 3.63) is 57.8 Å². The van der Waals surface area contributed by atoms with Crippen LogP contribution in [0.5, 0.6) is 0 Å². The topological polar surface area (TPSA) is 85.1 Å². The molecule has 0 aliphatic heterocycles. The molecule has 0 radical (unpaired) electrons. The SMILES string of the molecule is NC(=O)c1cc(NC(=O)c2cccc(Cl)n2)ccc1Cl. The first-order valence-electron chi connectivity index (χ1n) is 5.50. The van der Waals surface area contributed by atoms with Crippen molar-refractivity contribution in [1.29, 1.82) is 0 Å². The van der Waals surface area contributed by atoms with E-state index in [0.717, 1.165) is 0 Å². The molecule has 1 aromatic carbocycles. The first kappa shape index (κ1) is 14.3. The van der Waals surface area contributed by atoms with E-state index in [9.17, 15) is 9.59 Å². The number of amides is 2. The fourth-order valence-corrected chi connectivity index (χ4v) is 1.90. The van der Waals surface area contributed by atoms with Gasteiger partial charge < -0.3 is 11.1 Å². The summed E-state index contributed by atoms with van der Waals surface area (Å²) in [7, 11) is 0. The number of anilines is 1. The van der Waals surface area contributed by atoms with Crippen molar-refractivity contribution in [1.82, 2.24) is 4.98 Å². The van der Waals surface area contributed by atoms with Crippen LogP contribution in [0.25, 0.3) is 0 Å². The minimum absolute atomic E-state index is 0.128. The molecule has 0 saturated heterocycles. The normalized spacial score (nSPS) is 10.1. The van der Waals surface area contributed by atoms with Crippen LogP contribution in [0, 0.1) is 0 Å². The van der Waals surface area contributed by atoms with Crippen LogP contribution in [-0.4, -0.2) is 16.8 Å². The van der Waals surface area contributed by atoms with Gasteiger partial charge in [0.2, 0.25) is 5.91 Å². The van der Waals surface area contributed by atoms with Crippen LogP contribution in [0.1, 0.15) is 20.8 Å². The summed E-state index contributed by atoms with van der Waals surface area (Å²) in [4.78, 5) is 27.0. The molecule has 20 heavy (non-hydrogen) atoms. The standard InChI is InChI=1S/C13H9Cl2N3O2/c14-9-5-4-7(6-8(9)12(16)19)17-13(20)10-2-1-3-11(15)18-10/h1-6H,(H2,16,19)(H,17,20). The highest BCUT2D eigenvalue weighted by atomic mass is 35.5. The molecular formula is C13H9Cl2N3O2. The highest BCUT2D eigenvalue weighted by molar-refractivity contribution is 6.34. The number of pyridine rings is 1. The second-order valence-electron chi connectivity index (χ2n) is 3.86. The van der Waals surface area contributed by atoms with Crippen molar-refractivity contribution >= 4 is 40.7 Å². The Labute approximate surface area is 124 Å². The summed E-state index contributed by atoms with van der Waals surface area (Å²) < 4.78 is 0. The first-order valence-corrected chi connectivity index (χ1v) is 6.26. The van der Waals surface area contributed by atoms with Gasteiger partial charge in [0.05, 0.1) is 10.6 Å². The maximum Gasteiger partial charge on any atom is 0.274 e. The lowest BCUT2D eigenvalue weighted by Gasteiger charge is -2.07. The van der Waals surface area contributed by atoms with Gasteiger partial charge in [0, 0.05) is 5.69 Å². The molecule has 7 heteroatoms. The molecule has 0 bridgehead atoms. The van der Waals surface area contributed by atoms with Gasteiger partial charge in [0.25, 0.3) is 5.91 Å². The van der Waals surface area contributed by atoms with Crippen LogP contribution in [-0.2, 0) is 0 Å². The average Bonchev–Trinajstić information content (AvgIpc) is 2.40. The summed E-state index contributed by atoms with van der Waals surface area (Å²) in [5.74, 6) is -1.13. The van der Waals surface area contributed by atoms with Gasteiger partial charge in [-0.1, -0.05) is 29.3 Å². The molecule has 2 amide bonds. The predicted molar refractivity (Wildman–Crippen MR) is 77.2 cm³/mol. The number of nitrogens with one attached hydrogen (secondary N) is 1. The molecule has 5 nitrogen and oxygen atoms in total. The molecule has 0 aliphatic rings. The number of primary amides is 1. The summed E-state index contributed by atoms with van der Waals surface area (Å²) in [6.07, 6.45) is 0. The van der Waals surface area contributed by atoms with Gasteiger partial charge in [0.15, 0.2) is 0 Å². The average molecular weight is 310 g/mol. The fourth-order valence-electron chi connectivity index (χ4n) is 1.52. The van der Waals surface area contributed by atoms with E-state index in [4.69, 9.17) is 28.9 Å². The number of benzene rings is 1. The highest BCUT2D eigenvalue weighted by Gasteiger charge is 2.11. The number of aromatic nitrogens is 1. The number of nitrogens with zero attached hydrogens (tertiary/aromatic N) is 1. The zero-order chi connectivity index (χ0) is 14.7. The number of carbonyl (C=O) groups is 2. The molecule has 1 aromatic heterocycles. The van der Waals surface area contributed by atoms with E-state index in [1.165, 1.54) is 18.2 Å². The molecule has 0 atom stereocenters. The second kappa shape index (κ2) is 5.90. The minimum atomic E-state index is -0.674. The van der Waals surface area contributed by atoms with Crippen molar-refractivity contribution in [2.45, 2.75) is 0 Å². The van der Waals surface area contributed by atoms with Crippen molar-refractivity contribution in [2.75, 3.05) is 5.32 Å². The lowest BCUT2D eigenvalue weighted by Crippen LogP contribution is -2.15. The molecule has 0 aliphatic carbocycles. The van der Waals surface area contributed by atoms with E-state index in [-0.39, 0.29) is 21.4 Å². The van der Waals surface area contributed by atoms with Crippen LogP contribution in [0.2, 0.25) is 10.2 Å². The summed E-state index contributed by atoms with van der Waals surface area (Å²) in [5.41, 5.74) is 5.85. The monoisotopic (exact) mass is 309 g/mol. The zero-order valence-corrected chi connectivity index (χ0v) is 11.6. The number of nitrogens with two attached hydrogens (primary N) is 1. The quantitative estimate of drug-likeness (QED) is 0.855. The van der Waals surface area contributed by atoms with E-state index in [1.54, 1.807) is 18.2 Å². The predicted octanol–water partition coefficient (Wildman–Crippen LogP) is 2.74. The largest absolute Gasteiger partial charge is 0.366 e.